The van der Waals surface area contributed by atoms with E-state index >= 15 is 0 Å². The van der Waals surface area contributed by atoms with E-state index < -0.39 is 17.7 Å². The minimum absolute atomic E-state index is 0.0466. The van der Waals surface area contributed by atoms with E-state index in [0.717, 1.165) is 17.7 Å². The van der Waals surface area contributed by atoms with Crippen LogP contribution in [0.5, 0.6) is 5.75 Å². The molecule has 156 valence electrons. The first-order chi connectivity index (χ1) is 14.4. The van der Waals surface area contributed by atoms with E-state index in [-0.39, 0.29) is 30.6 Å². The van der Waals surface area contributed by atoms with Crippen LogP contribution >= 0.6 is 11.6 Å². The molecule has 0 spiro atoms. The number of ether oxygens (including phenoxy) is 2. The minimum atomic E-state index is -0.748. The van der Waals surface area contributed by atoms with Crippen molar-refractivity contribution in [1.82, 2.24) is 4.90 Å². The second kappa shape index (κ2) is 8.13. The van der Waals surface area contributed by atoms with Crippen molar-refractivity contribution in [3.05, 3.63) is 69.8 Å². The van der Waals surface area contributed by atoms with Crippen molar-refractivity contribution in [2.24, 2.45) is 0 Å². The Balaban J connectivity index is 1.83. The van der Waals surface area contributed by atoms with Crippen molar-refractivity contribution in [3.63, 3.8) is 0 Å². The normalized spacial score (nSPS) is 22.3. The quantitative estimate of drug-likeness (QED) is 0.447. The lowest BCUT2D eigenvalue weighted by Gasteiger charge is -2.25. The number of rotatable bonds is 5. The third-order valence-electron chi connectivity index (χ3n) is 5.41. The van der Waals surface area contributed by atoms with E-state index in [9.17, 15) is 14.7 Å². The molecule has 2 aliphatic rings. The predicted molar refractivity (Wildman–Crippen MR) is 113 cm³/mol. The number of hydrogen-bond donors (Lipinski definition) is 1. The molecular weight excluding hydrogens is 406 g/mol. The van der Waals surface area contributed by atoms with E-state index in [4.69, 9.17) is 21.1 Å². The van der Waals surface area contributed by atoms with Gasteiger partial charge in [-0.15, -0.1) is 0 Å². The summed E-state index contributed by atoms with van der Waals surface area (Å²) in [7, 11) is 1.53. The van der Waals surface area contributed by atoms with Gasteiger partial charge in [0.15, 0.2) is 0 Å². The zero-order chi connectivity index (χ0) is 21.4. The first-order valence-electron chi connectivity index (χ1n) is 9.73. The summed E-state index contributed by atoms with van der Waals surface area (Å²) >= 11 is 6.16. The van der Waals surface area contributed by atoms with Gasteiger partial charge in [-0.2, -0.15) is 0 Å². The van der Waals surface area contributed by atoms with Gasteiger partial charge in [-0.25, -0.2) is 0 Å². The number of amides is 1. The van der Waals surface area contributed by atoms with Crippen LogP contribution in [0, 0.1) is 0 Å². The summed E-state index contributed by atoms with van der Waals surface area (Å²) in [5, 5.41) is 11.6. The van der Waals surface area contributed by atoms with E-state index in [1.54, 1.807) is 36.4 Å². The highest BCUT2D eigenvalue weighted by molar-refractivity contribution is 6.46. The van der Waals surface area contributed by atoms with Gasteiger partial charge in [0.25, 0.3) is 11.7 Å². The highest BCUT2D eigenvalue weighted by atomic mass is 35.5. The van der Waals surface area contributed by atoms with Crippen LogP contribution in [-0.4, -0.2) is 48.1 Å². The number of nitrogens with zero attached hydrogens (tertiary/aromatic N) is 1. The third-order valence-corrected chi connectivity index (χ3v) is 5.65. The maximum absolute atomic E-state index is 12.9. The molecule has 1 saturated heterocycles. The number of halogens is 1. The molecule has 1 amide bonds. The number of ketones is 1. The molecule has 1 fully saturated rings. The lowest BCUT2D eigenvalue weighted by molar-refractivity contribution is -0.140. The van der Waals surface area contributed by atoms with Crippen molar-refractivity contribution >= 4 is 29.1 Å². The van der Waals surface area contributed by atoms with Gasteiger partial charge >= 0.3 is 0 Å². The minimum Gasteiger partial charge on any atom is -0.507 e. The summed E-state index contributed by atoms with van der Waals surface area (Å²) < 4.78 is 10.8. The van der Waals surface area contributed by atoms with Crippen molar-refractivity contribution in [1.29, 1.82) is 0 Å². The number of fused-ring (bicyclic) bond motifs is 1. The molecule has 2 aromatic rings. The van der Waals surface area contributed by atoms with Crippen LogP contribution in [0.25, 0.3) is 5.76 Å². The number of aliphatic hydroxyl groups excluding tert-OH is 1. The SMILES string of the molecule is COCCN1C(=O)C(=O)C(=C(O)c2ccc3c(c2)CC(C)O3)C1c1cccc(Cl)c1. The number of methoxy groups -OCH3 is 1. The smallest absolute Gasteiger partial charge is 0.295 e. The Labute approximate surface area is 179 Å². The van der Waals surface area contributed by atoms with E-state index in [1.165, 1.54) is 12.0 Å². The average molecular weight is 428 g/mol. The number of carbonyl (C=O) groups is 2. The number of aliphatic hydroxyl groups is 1. The van der Waals surface area contributed by atoms with Crippen LogP contribution in [0.3, 0.4) is 0 Å². The Morgan fingerprint density at radius 3 is 2.80 bits per heavy atom. The van der Waals surface area contributed by atoms with Gasteiger partial charge in [0.2, 0.25) is 0 Å². The van der Waals surface area contributed by atoms with Gasteiger partial charge < -0.3 is 19.5 Å². The Morgan fingerprint density at radius 1 is 1.27 bits per heavy atom. The van der Waals surface area contributed by atoms with Crippen molar-refractivity contribution in [2.75, 3.05) is 20.3 Å². The fourth-order valence-electron chi connectivity index (χ4n) is 4.05. The Morgan fingerprint density at radius 2 is 2.07 bits per heavy atom. The molecule has 0 aromatic heterocycles. The number of hydrogen-bond acceptors (Lipinski definition) is 5. The first kappa shape index (κ1) is 20.4. The van der Waals surface area contributed by atoms with Crippen LogP contribution in [0.2, 0.25) is 5.02 Å². The maximum atomic E-state index is 12.9. The summed E-state index contributed by atoms with van der Waals surface area (Å²) in [6.07, 6.45) is 0.777. The van der Waals surface area contributed by atoms with Gasteiger partial charge in [-0.1, -0.05) is 23.7 Å². The monoisotopic (exact) mass is 427 g/mol. The summed E-state index contributed by atoms with van der Waals surface area (Å²) in [5.41, 5.74) is 2.13. The van der Waals surface area contributed by atoms with Crippen LogP contribution in [0.15, 0.2) is 48.0 Å². The molecule has 0 saturated carbocycles. The topological polar surface area (TPSA) is 76.1 Å². The molecule has 0 aliphatic carbocycles. The third kappa shape index (κ3) is 3.57. The molecule has 1 N–H and O–H groups in total. The first-order valence-corrected chi connectivity index (χ1v) is 10.1. The largest absolute Gasteiger partial charge is 0.507 e. The fourth-order valence-corrected chi connectivity index (χ4v) is 4.25. The average Bonchev–Trinajstić information content (AvgIpc) is 3.22. The molecule has 0 radical (unpaired) electrons. The van der Waals surface area contributed by atoms with Crippen LogP contribution in [-0.2, 0) is 20.7 Å². The number of benzene rings is 2. The standard InChI is InChI=1S/C23H22ClNO5/c1-13-10-16-11-15(6-7-18(16)30-13)21(26)19-20(14-4-3-5-17(24)12-14)25(8-9-29-2)23(28)22(19)27/h3-7,11-13,20,26H,8-10H2,1-2H3. The van der Waals surface area contributed by atoms with Gasteiger partial charge in [0.05, 0.1) is 18.2 Å². The van der Waals surface area contributed by atoms with Crippen LogP contribution < -0.4 is 4.74 Å². The summed E-state index contributed by atoms with van der Waals surface area (Å²) in [4.78, 5) is 27.1. The Hall–Kier alpha value is -2.83. The molecule has 6 nitrogen and oxygen atoms in total. The summed E-state index contributed by atoms with van der Waals surface area (Å²) in [5.74, 6) is -0.832. The molecule has 2 heterocycles. The van der Waals surface area contributed by atoms with E-state index in [2.05, 4.69) is 0 Å². The Kier molecular flexibility index (Phi) is 5.54. The lowest BCUT2D eigenvalue weighted by Crippen LogP contribution is -2.32. The number of carbonyl (C=O) groups excluding carboxylic acids is 2. The van der Waals surface area contributed by atoms with Gasteiger partial charge in [0, 0.05) is 30.7 Å². The summed E-state index contributed by atoms with van der Waals surface area (Å²) in [6.45, 7) is 2.45. The molecule has 2 unspecified atom stereocenters. The molecule has 2 atom stereocenters. The summed E-state index contributed by atoms with van der Waals surface area (Å²) in [6, 6.07) is 11.5. The zero-order valence-corrected chi connectivity index (χ0v) is 17.5. The molecule has 4 rings (SSSR count). The highest BCUT2D eigenvalue weighted by Crippen LogP contribution is 2.40. The number of Topliss-reactive ketones (excluding diaryl/α,β-unsaturated/α-hetero) is 1. The molecular formula is C23H22ClNO5. The molecule has 2 aromatic carbocycles. The number of likely N-dealkylation sites (tertiary alicyclic amines) is 1. The second-order valence-electron chi connectivity index (χ2n) is 7.50. The second-order valence-corrected chi connectivity index (χ2v) is 7.93. The van der Waals surface area contributed by atoms with E-state index in [1.807, 2.05) is 13.0 Å². The highest BCUT2D eigenvalue weighted by Gasteiger charge is 2.46. The zero-order valence-electron chi connectivity index (χ0n) is 16.7. The lowest BCUT2D eigenvalue weighted by atomic mass is 9.94. The van der Waals surface area contributed by atoms with Crippen LogP contribution in [0.1, 0.15) is 29.7 Å². The van der Waals surface area contributed by atoms with Gasteiger partial charge in [-0.05, 0) is 48.4 Å². The molecule has 0 bridgehead atoms. The van der Waals surface area contributed by atoms with Gasteiger partial charge in [-0.3, -0.25) is 9.59 Å². The van der Waals surface area contributed by atoms with E-state index in [0.29, 0.717) is 16.1 Å². The molecule has 30 heavy (non-hydrogen) atoms. The van der Waals surface area contributed by atoms with Crippen molar-refractivity contribution in [3.8, 4) is 5.75 Å². The van der Waals surface area contributed by atoms with Crippen molar-refractivity contribution in [2.45, 2.75) is 25.5 Å². The molecule has 2 aliphatic heterocycles. The Bertz CT molecular complexity index is 1050. The fraction of sp³-hybridized carbons (Fsp3) is 0.304. The predicted octanol–water partition coefficient (Wildman–Crippen LogP) is 3.73. The van der Waals surface area contributed by atoms with Gasteiger partial charge in [0.1, 0.15) is 17.6 Å². The van der Waals surface area contributed by atoms with Crippen LogP contribution in [0.4, 0.5) is 0 Å². The van der Waals surface area contributed by atoms with Crippen molar-refractivity contribution < 1.29 is 24.2 Å². The molecule has 7 heteroatoms. The maximum Gasteiger partial charge on any atom is 0.295 e.